The Kier molecular flexibility index (Phi) is 5.27. The molecule has 26 heavy (non-hydrogen) atoms. The molecule has 0 saturated heterocycles. The number of rotatable bonds is 6. The van der Waals surface area contributed by atoms with Crippen LogP contribution < -0.4 is 4.74 Å². The predicted octanol–water partition coefficient (Wildman–Crippen LogP) is 5.57. The molecular formula is C21H16F2O3. The molecule has 0 aromatic heterocycles. The second-order valence-electron chi connectivity index (χ2n) is 5.71. The van der Waals surface area contributed by atoms with E-state index in [2.05, 4.69) is 0 Å². The van der Waals surface area contributed by atoms with E-state index in [-0.39, 0.29) is 11.1 Å². The van der Waals surface area contributed by atoms with Crippen molar-refractivity contribution in [3.05, 3.63) is 89.5 Å². The highest BCUT2D eigenvalue weighted by Gasteiger charge is 2.17. The lowest BCUT2D eigenvalue weighted by molar-refractivity contribution is 0.0696. The van der Waals surface area contributed by atoms with Gasteiger partial charge < -0.3 is 9.84 Å². The Morgan fingerprint density at radius 2 is 1.65 bits per heavy atom. The molecular weight excluding hydrogens is 338 g/mol. The first-order chi connectivity index (χ1) is 12.5. The molecule has 0 aliphatic heterocycles. The Morgan fingerprint density at radius 3 is 2.27 bits per heavy atom. The van der Waals surface area contributed by atoms with Crippen LogP contribution in [0, 0.1) is 0 Å². The summed E-state index contributed by atoms with van der Waals surface area (Å²) in [6.45, 7) is 0.412. The minimum atomic E-state index is -2.77. The van der Waals surface area contributed by atoms with E-state index < -0.39 is 12.4 Å². The molecule has 0 radical (unpaired) electrons. The van der Waals surface area contributed by atoms with Crippen LogP contribution in [0.1, 0.15) is 27.9 Å². The first-order valence-electron chi connectivity index (χ1n) is 7.97. The van der Waals surface area contributed by atoms with Crippen LogP contribution in [-0.4, -0.2) is 11.1 Å². The third kappa shape index (κ3) is 4.06. The lowest BCUT2D eigenvalue weighted by atomic mass is 9.97. The van der Waals surface area contributed by atoms with Gasteiger partial charge in [-0.2, -0.15) is 0 Å². The lowest BCUT2D eigenvalue weighted by Crippen LogP contribution is -2.00. The molecule has 3 aromatic carbocycles. The van der Waals surface area contributed by atoms with Gasteiger partial charge in [0.25, 0.3) is 6.43 Å². The summed E-state index contributed by atoms with van der Waals surface area (Å²) in [6, 6.07) is 20.2. The van der Waals surface area contributed by atoms with Crippen molar-refractivity contribution in [1.82, 2.24) is 0 Å². The summed E-state index contributed by atoms with van der Waals surface area (Å²) >= 11 is 0. The summed E-state index contributed by atoms with van der Waals surface area (Å²) in [4.78, 5) is 11.0. The zero-order valence-electron chi connectivity index (χ0n) is 13.7. The molecule has 0 amide bonds. The number of alkyl halides is 2. The molecule has 1 N–H and O–H groups in total. The van der Waals surface area contributed by atoms with Crippen LogP contribution in [0.2, 0.25) is 0 Å². The lowest BCUT2D eigenvalue weighted by Gasteiger charge is -2.11. The topological polar surface area (TPSA) is 46.5 Å². The maximum Gasteiger partial charge on any atom is 0.335 e. The first-order valence-corrected chi connectivity index (χ1v) is 7.97. The number of aromatic carboxylic acids is 1. The van der Waals surface area contributed by atoms with E-state index in [0.29, 0.717) is 23.5 Å². The molecule has 3 aromatic rings. The van der Waals surface area contributed by atoms with Crippen LogP contribution in [-0.2, 0) is 6.61 Å². The van der Waals surface area contributed by atoms with Crippen LogP contribution in [0.3, 0.4) is 0 Å². The third-order valence-electron chi connectivity index (χ3n) is 3.95. The smallest absolute Gasteiger partial charge is 0.335 e. The number of carbonyl (C=O) groups is 1. The van der Waals surface area contributed by atoms with E-state index in [4.69, 9.17) is 9.84 Å². The minimum Gasteiger partial charge on any atom is -0.489 e. The fourth-order valence-corrected chi connectivity index (χ4v) is 2.61. The molecule has 0 aliphatic rings. The van der Waals surface area contributed by atoms with E-state index in [9.17, 15) is 13.6 Å². The molecule has 3 nitrogen and oxygen atoms in total. The van der Waals surface area contributed by atoms with Gasteiger partial charge >= 0.3 is 5.97 Å². The zero-order valence-corrected chi connectivity index (χ0v) is 13.7. The van der Waals surface area contributed by atoms with E-state index in [1.807, 2.05) is 30.3 Å². The molecule has 0 unspecified atom stereocenters. The van der Waals surface area contributed by atoms with Crippen molar-refractivity contribution in [2.45, 2.75) is 13.0 Å². The molecule has 0 spiro atoms. The summed E-state index contributed by atoms with van der Waals surface area (Å²) in [5.41, 5.74) is 1.44. The van der Waals surface area contributed by atoms with Gasteiger partial charge in [0.15, 0.2) is 0 Å². The molecule has 3 rings (SSSR count). The van der Waals surface area contributed by atoms with Gasteiger partial charge in [-0.1, -0.05) is 48.5 Å². The standard InChI is InChI=1S/C21H16F2O3/c22-20(23)19-12-16(21(24)25)8-11-18(19)15-6-9-17(10-7-15)26-13-14-4-2-1-3-5-14/h1-12,20H,13H2,(H,24,25). The normalized spacial score (nSPS) is 10.7. The van der Waals surface area contributed by atoms with Crippen LogP contribution in [0.5, 0.6) is 5.75 Å². The maximum atomic E-state index is 13.3. The van der Waals surface area contributed by atoms with Gasteiger partial charge in [0, 0.05) is 5.56 Å². The number of halogens is 2. The van der Waals surface area contributed by atoms with Gasteiger partial charge in [-0.3, -0.25) is 0 Å². The number of hydrogen-bond acceptors (Lipinski definition) is 2. The minimum absolute atomic E-state index is 0.160. The van der Waals surface area contributed by atoms with Gasteiger partial charge in [0.05, 0.1) is 5.56 Å². The Hall–Kier alpha value is -3.21. The molecule has 0 bridgehead atoms. The monoisotopic (exact) mass is 354 g/mol. The highest BCUT2D eigenvalue weighted by molar-refractivity contribution is 5.89. The van der Waals surface area contributed by atoms with E-state index >= 15 is 0 Å². The maximum absolute atomic E-state index is 13.3. The Labute approximate surface area is 149 Å². The summed E-state index contributed by atoms with van der Waals surface area (Å²) < 4.78 is 32.3. The highest BCUT2D eigenvalue weighted by atomic mass is 19.3. The fraction of sp³-hybridized carbons (Fsp3) is 0.0952. The van der Waals surface area contributed by atoms with Crippen LogP contribution in [0.4, 0.5) is 8.78 Å². The van der Waals surface area contributed by atoms with Crippen LogP contribution in [0.25, 0.3) is 11.1 Å². The first kappa shape index (κ1) is 17.6. The van der Waals surface area contributed by atoms with Crippen molar-refractivity contribution in [3.8, 4) is 16.9 Å². The second kappa shape index (κ2) is 7.78. The molecule has 0 saturated carbocycles. The molecule has 0 fully saturated rings. The SMILES string of the molecule is O=C(O)c1ccc(-c2ccc(OCc3ccccc3)cc2)c(C(F)F)c1. The average Bonchev–Trinajstić information content (AvgIpc) is 2.67. The second-order valence-corrected chi connectivity index (χ2v) is 5.71. The van der Waals surface area contributed by atoms with E-state index in [0.717, 1.165) is 11.6 Å². The van der Waals surface area contributed by atoms with Crippen molar-refractivity contribution < 1.29 is 23.4 Å². The van der Waals surface area contributed by atoms with E-state index in [1.54, 1.807) is 24.3 Å². The molecule has 0 atom stereocenters. The predicted molar refractivity (Wildman–Crippen MR) is 94.6 cm³/mol. The zero-order chi connectivity index (χ0) is 18.5. The van der Waals surface area contributed by atoms with Gasteiger partial charge in [0.2, 0.25) is 0 Å². The largest absolute Gasteiger partial charge is 0.489 e. The van der Waals surface area contributed by atoms with Crippen molar-refractivity contribution >= 4 is 5.97 Å². The van der Waals surface area contributed by atoms with Gasteiger partial charge in [-0.25, -0.2) is 13.6 Å². The average molecular weight is 354 g/mol. The summed E-state index contributed by atoms with van der Waals surface area (Å²) in [6.07, 6.45) is -2.77. The van der Waals surface area contributed by atoms with Crippen molar-refractivity contribution in [2.24, 2.45) is 0 Å². The van der Waals surface area contributed by atoms with Crippen LogP contribution in [0.15, 0.2) is 72.8 Å². The fourth-order valence-electron chi connectivity index (χ4n) is 2.61. The van der Waals surface area contributed by atoms with Gasteiger partial charge in [-0.15, -0.1) is 0 Å². The summed E-state index contributed by atoms with van der Waals surface area (Å²) in [7, 11) is 0. The molecule has 5 heteroatoms. The number of ether oxygens (including phenoxy) is 1. The highest BCUT2D eigenvalue weighted by Crippen LogP contribution is 2.33. The number of hydrogen-bond donors (Lipinski definition) is 1. The van der Waals surface area contributed by atoms with Gasteiger partial charge in [0.1, 0.15) is 12.4 Å². The number of carboxylic acids is 1. The summed E-state index contributed by atoms with van der Waals surface area (Å²) in [5, 5.41) is 8.98. The quantitative estimate of drug-likeness (QED) is 0.630. The molecule has 0 aliphatic carbocycles. The Bertz CT molecular complexity index is 891. The van der Waals surface area contributed by atoms with Crippen LogP contribution >= 0.6 is 0 Å². The van der Waals surface area contributed by atoms with Crippen molar-refractivity contribution in [3.63, 3.8) is 0 Å². The Balaban J connectivity index is 1.81. The molecule has 0 heterocycles. The number of benzene rings is 3. The van der Waals surface area contributed by atoms with Crippen molar-refractivity contribution in [2.75, 3.05) is 0 Å². The van der Waals surface area contributed by atoms with E-state index in [1.165, 1.54) is 12.1 Å². The summed E-state index contributed by atoms with van der Waals surface area (Å²) in [5.74, 6) is -0.610. The van der Waals surface area contributed by atoms with Crippen molar-refractivity contribution in [1.29, 1.82) is 0 Å². The van der Waals surface area contributed by atoms with Gasteiger partial charge in [-0.05, 0) is 41.0 Å². The molecule has 132 valence electrons. The Morgan fingerprint density at radius 1 is 0.962 bits per heavy atom. The number of carboxylic acid groups (broad SMARTS) is 1. The third-order valence-corrected chi connectivity index (χ3v) is 3.95.